The third-order valence-corrected chi connectivity index (χ3v) is 2.06. The number of carbonyl (C=O) groups is 1. The Balaban J connectivity index is 3.10. The number of carbonyl (C=O) groups excluding carboxylic acids is 1. The Morgan fingerprint density at radius 3 is 2.71 bits per heavy atom. The normalized spacial score (nSPS) is 10.0. The lowest BCUT2D eigenvalue weighted by atomic mass is 10.1. The van der Waals surface area contributed by atoms with E-state index in [1.54, 1.807) is 0 Å². The second-order valence-corrected chi connectivity index (χ2v) is 3.36. The van der Waals surface area contributed by atoms with Gasteiger partial charge in [0.15, 0.2) is 0 Å². The molecule has 76 valence electrons. The average molecular weight is 217 g/mol. The van der Waals surface area contributed by atoms with Gasteiger partial charge in [0.1, 0.15) is 17.3 Å². The standard InChI is InChI=1S/C10H10ClFO2/c1-6(13)3-7-4-10(14-2)8(11)5-9(7)12/h4-5H,3H2,1-2H3. The molecule has 0 amide bonds. The predicted octanol–water partition coefficient (Wildman–Crippen LogP) is 2.62. The van der Waals surface area contributed by atoms with Gasteiger partial charge in [-0.05, 0) is 24.6 Å². The highest BCUT2D eigenvalue weighted by atomic mass is 35.5. The van der Waals surface area contributed by atoms with Gasteiger partial charge in [-0.2, -0.15) is 0 Å². The van der Waals surface area contributed by atoms with E-state index in [1.165, 1.54) is 20.1 Å². The summed E-state index contributed by atoms with van der Waals surface area (Å²) in [6, 6.07) is 2.59. The van der Waals surface area contributed by atoms with Gasteiger partial charge in [0.25, 0.3) is 0 Å². The van der Waals surface area contributed by atoms with Crippen molar-refractivity contribution in [3.8, 4) is 5.75 Å². The van der Waals surface area contributed by atoms with Crippen LogP contribution in [0.4, 0.5) is 4.39 Å². The maximum atomic E-state index is 13.2. The van der Waals surface area contributed by atoms with Crippen LogP contribution >= 0.6 is 11.6 Å². The summed E-state index contributed by atoms with van der Waals surface area (Å²) in [4.78, 5) is 10.8. The fraction of sp³-hybridized carbons (Fsp3) is 0.300. The van der Waals surface area contributed by atoms with Gasteiger partial charge in [0.05, 0.1) is 12.1 Å². The third kappa shape index (κ3) is 2.45. The fourth-order valence-corrected chi connectivity index (χ4v) is 1.36. The van der Waals surface area contributed by atoms with Crippen LogP contribution in [0.25, 0.3) is 0 Å². The van der Waals surface area contributed by atoms with Crippen molar-refractivity contribution in [2.45, 2.75) is 13.3 Å². The van der Waals surface area contributed by atoms with E-state index in [0.29, 0.717) is 11.3 Å². The van der Waals surface area contributed by atoms with Gasteiger partial charge >= 0.3 is 0 Å². The van der Waals surface area contributed by atoms with Crippen molar-refractivity contribution >= 4 is 17.4 Å². The van der Waals surface area contributed by atoms with Crippen LogP contribution in [0.15, 0.2) is 12.1 Å². The molecule has 1 aromatic rings. The quantitative estimate of drug-likeness (QED) is 0.777. The summed E-state index contributed by atoms with van der Waals surface area (Å²) >= 11 is 5.69. The molecule has 14 heavy (non-hydrogen) atoms. The number of rotatable bonds is 3. The van der Waals surface area contributed by atoms with Crippen molar-refractivity contribution in [1.82, 2.24) is 0 Å². The van der Waals surface area contributed by atoms with E-state index in [9.17, 15) is 9.18 Å². The first-order valence-corrected chi connectivity index (χ1v) is 4.43. The van der Waals surface area contributed by atoms with E-state index < -0.39 is 5.82 Å². The lowest BCUT2D eigenvalue weighted by Crippen LogP contribution is -2.00. The summed E-state index contributed by atoms with van der Waals surface area (Å²) in [5.74, 6) is -0.205. The van der Waals surface area contributed by atoms with E-state index in [2.05, 4.69) is 0 Å². The fourth-order valence-electron chi connectivity index (χ4n) is 1.13. The first-order chi connectivity index (χ1) is 6.54. The first-order valence-electron chi connectivity index (χ1n) is 4.06. The van der Waals surface area contributed by atoms with Crippen LogP contribution in [0.3, 0.4) is 0 Å². The number of ether oxygens (including phenoxy) is 1. The number of halogens is 2. The smallest absolute Gasteiger partial charge is 0.137 e. The minimum atomic E-state index is -0.481. The first kappa shape index (κ1) is 11.0. The number of methoxy groups -OCH3 is 1. The molecule has 4 heteroatoms. The van der Waals surface area contributed by atoms with Crippen LogP contribution in [-0.2, 0) is 11.2 Å². The van der Waals surface area contributed by atoms with Crippen molar-refractivity contribution in [2.75, 3.05) is 7.11 Å². The maximum Gasteiger partial charge on any atom is 0.137 e. The molecule has 0 atom stereocenters. The molecule has 0 spiro atoms. The molecule has 0 N–H and O–H groups in total. The largest absolute Gasteiger partial charge is 0.495 e. The molecule has 0 saturated heterocycles. The van der Waals surface area contributed by atoms with Gasteiger partial charge in [-0.1, -0.05) is 11.6 Å². The number of ketones is 1. The maximum absolute atomic E-state index is 13.2. The molecule has 0 heterocycles. The highest BCUT2D eigenvalue weighted by Crippen LogP contribution is 2.27. The number of benzene rings is 1. The van der Waals surface area contributed by atoms with Crippen LogP contribution < -0.4 is 4.74 Å². The number of hydrogen-bond acceptors (Lipinski definition) is 2. The van der Waals surface area contributed by atoms with E-state index in [-0.39, 0.29) is 17.2 Å². The van der Waals surface area contributed by atoms with Crippen molar-refractivity contribution in [1.29, 1.82) is 0 Å². The summed E-state index contributed by atoms with van der Waals surface area (Å²) in [5, 5.41) is 0.206. The van der Waals surface area contributed by atoms with Gasteiger partial charge in [-0.3, -0.25) is 4.79 Å². The van der Waals surface area contributed by atoms with Gasteiger partial charge in [-0.15, -0.1) is 0 Å². The summed E-state index contributed by atoms with van der Waals surface area (Å²) in [6.45, 7) is 1.40. The molecule has 1 rings (SSSR count). The molecular weight excluding hydrogens is 207 g/mol. The predicted molar refractivity (Wildman–Crippen MR) is 52.3 cm³/mol. The Hall–Kier alpha value is -1.09. The zero-order chi connectivity index (χ0) is 10.7. The van der Waals surface area contributed by atoms with Crippen LogP contribution in [0.1, 0.15) is 12.5 Å². The molecule has 0 aliphatic carbocycles. The van der Waals surface area contributed by atoms with Gasteiger partial charge in [0.2, 0.25) is 0 Å². The zero-order valence-corrected chi connectivity index (χ0v) is 8.69. The van der Waals surface area contributed by atoms with Crippen LogP contribution in [0.5, 0.6) is 5.75 Å². The average Bonchev–Trinajstić information content (AvgIpc) is 2.09. The Bertz CT molecular complexity index is 363. The topological polar surface area (TPSA) is 26.3 Å². The van der Waals surface area contributed by atoms with Crippen LogP contribution in [0, 0.1) is 5.82 Å². The molecule has 0 bridgehead atoms. The zero-order valence-electron chi connectivity index (χ0n) is 7.93. The number of hydrogen-bond donors (Lipinski definition) is 0. The summed E-state index contributed by atoms with van der Waals surface area (Å²) in [7, 11) is 1.44. The van der Waals surface area contributed by atoms with Gasteiger partial charge < -0.3 is 4.74 Å². The lowest BCUT2D eigenvalue weighted by molar-refractivity contribution is -0.116. The SMILES string of the molecule is COc1cc(CC(C)=O)c(F)cc1Cl. The van der Waals surface area contributed by atoms with E-state index in [1.807, 2.05) is 0 Å². The highest BCUT2D eigenvalue weighted by Gasteiger charge is 2.10. The van der Waals surface area contributed by atoms with Crippen molar-refractivity contribution in [3.05, 3.63) is 28.5 Å². The van der Waals surface area contributed by atoms with Crippen LogP contribution in [-0.4, -0.2) is 12.9 Å². The second kappa shape index (κ2) is 4.42. The Kier molecular flexibility index (Phi) is 3.47. The molecule has 0 radical (unpaired) electrons. The molecule has 1 aromatic carbocycles. The molecule has 2 nitrogen and oxygen atoms in total. The van der Waals surface area contributed by atoms with Gasteiger partial charge in [0, 0.05) is 6.42 Å². The van der Waals surface area contributed by atoms with E-state index in [0.717, 1.165) is 6.07 Å². The van der Waals surface area contributed by atoms with E-state index in [4.69, 9.17) is 16.3 Å². The minimum absolute atomic E-state index is 0.0549. The molecular formula is C10H10ClFO2. The Morgan fingerprint density at radius 2 is 2.21 bits per heavy atom. The summed E-state index contributed by atoms with van der Waals surface area (Å²) in [6.07, 6.45) is 0.0549. The van der Waals surface area contributed by atoms with Crippen LogP contribution in [0.2, 0.25) is 5.02 Å². The minimum Gasteiger partial charge on any atom is -0.495 e. The Labute approximate surface area is 86.6 Å². The van der Waals surface area contributed by atoms with Crippen molar-refractivity contribution in [3.63, 3.8) is 0 Å². The molecule has 0 aliphatic heterocycles. The Morgan fingerprint density at radius 1 is 1.57 bits per heavy atom. The molecule has 0 aromatic heterocycles. The molecule has 0 fully saturated rings. The molecule has 0 aliphatic rings. The number of Topliss-reactive ketones (excluding diaryl/α,β-unsaturated/α-hetero) is 1. The lowest BCUT2D eigenvalue weighted by Gasteiger charge is -2.06. The van der Waals surface area contributed by atoms with Crippen molar-refractivity contribution in [2.24, 2.45) is 0 Å². The summed E-state index contributed by atoms with van der Waals surface area (Å²) in [5.41, 5.74) is 0.304. The molecule has 0 unspecified atom stereocenters. The van der Waals surface area contributed by atoms with Crippen molar-refractivity contribution < 1.29 is 13.9 Å². The third-order valence-electron chi connectivity index (χ3n) is 1.76. The van der Waals surface area contributed by atoms with E-state index >= 15 is 0 Å². The highest BCUT2D eigenvalue weighted by molar-refractivity contribution is 6.32. The van der Waals surface area contributed by atoms with Gasteiger partial charge in [-0.25, -0.2) is 4.39 Å². The molecule has 0 saturated carbocycles. The second-order valence-electron chi connectivity index (χ2n) is 2.96. The summed E-state index contributed by atoms with van der Waals surface area (Å²) < 4.78 is 18.1. The monoisotopic (exact) mass is 216 g/mol.